The van der Waals surface area contributed by atoms with Crippen LogP contribution in [0.25, 0.3) is 0 Å². The van der Waals surface area contributed by atoms with Gasteiger partial charge in [0, 0.05) is 14.7 Å². The van der Waals surface area contributed by atoms with Crippen LogP contribution in [0.3, 0.4) is 0 Å². The second-order valence-corrected chi connectivity index (χ2v) is 7.40. The minimum Gasteiger partial charge on any atom is -0.301 e. The Labute approximate surface area is 97.8 Å². The molecule has 0 unspecified atom stereocenters. The Kier molecular flexibility index (Phi) is 5.07. The fourth-order valence-electron chi connectivity index (χ4n) is 2.85. The van der Waals surface area contributed by atoms with Crippen molar-refractivity contribution in [1.82, 2.24) is 4.90 Å². The van der Waals surface area contributed by atoms with Gasteiger partial charge in [0.05, 0.1) is 0 Å². The molecule has 1 fully saturated rings. The van der Waals surface area contributed by atoms with E-state index in [0.29, 0.717) is 5.16 Å². The van der Waals surface area contributed by atoms with Crippen molar-refractivity contribution in [2.75, 3.05) is 13.1 Å². The Morgan fingerprint density at radius 1 is 1.27 bits per heavy atom. The molecule has 1 aliphatic rings. The van der Waals surface area contributed by atoms with Gasteiger partial charge in [0.1, 0.15) is 0 Å². The first-order chi connectivity index (χ1) is 7.14. The third-order valence-electron chi connectivity index (χ3n) is 4.11. The standard InChI is InChI=1S/C13H27NSi/c1-5-13(6-2,15-11-12(3)4)14-9-7-8-10-14/h3,5-11,15H2,1-2,4H3. The molecule has 0 N–H and O–H groups in total. The molecule has 0 aromatic rings. The SMILES string of the molecule is C=C(C)C[SiH2]C(CC)(CC)N1CCCC1. The van der Waals surface area contributed by atoms with E-state index in [1.807, 2.05) is 0 Å². The fourth-order valence-corrected chi connectivity index (χ4v) is 5.08. The van der Waals surface area contributed by atoms with Crippen LogP contribution in [0.1, 0.15) is 46.5 Å². The molecule has 1 nitrogen and oxygen atoms in total. The van der Waals surface area contributed by atoms with Gasteiger partial charge in [-0.05, 0) is 51.7 Å². The number of rotatable bonds is 6. The average molecular weight is 225 g/mol. The fraction of sp³-hybridized carbons (Fsp3) is 0.846. The summed E-state index contributed by atoms with van der Waals surface area (Å²) >= 11 is 0. The molecule has 1 rings (SSSR count). The number of hydrogen-bond donors (Lipinski definition) is 0. The molecule has 0 atom stereocenters. The zero-order chi connectivity index (χ0) is 11.3. The van der Waals surface area contributed by atoms with Gasteiger partial charge in [-0.1, -0.05) is 19.4 Å². The van der Waals surface area contributed by atoms with E-state index in [1.165, 1.54) is 50.4 Å². The van der Waals surface area contributed by atoms with Crippen molar-refractivity contribution < 1.29 is 0 Å². The van der Waals surface area contributed by atoms with Crippen LogP contribution < -0.4 is 0 Å². The summed E-state index contributed by atoms with van der Waals surface area (Å²) in [6.07, 6.45) is 5.54. The Morgan fingerprint density at radius 3 is 2.20 bits per heavy atom. The highest BCUT2D eigenvalue weighted by molar-refractivity contribution is 6.41. The van der Waals surface area contributed by atoms with Gasteiger partial charge in [-0.3, -0.25) is 0 Å². The van der Waals surface area contributed by atoms with Crippen molar-refractivity contribution in [3.8, 4) is 0 Å². The number of nitrogens with zero attached hydrogens (tertiary/aromatic N) is 1. The van der Waals surface area contributed by atoms with Gasteiger partial charge in [0.15, 0.2) is 0 Å². The van der Waals surface area contributed by atoms with Crippen LogP contribution in [0.15, 0.2) is 12.2 Å². The molecule has 1 saturated heterocycles. The topological polar surface area (TPSA) is 3.24 Å². The van der Waals surface area contributed by atoms with E-state index in [9.17, 15) is 0 Å². The second kappa shape index (κ2) is 5.85. The normalized spacial score (nSPS) is 19.1. The Hall–Kier alpha value is -0.0831. The van der Waals surface area contributed by atoms with Crippen LogP contribution in [0.5, 0.6) is 0 Å². The molecule has 0 aromatic heterocycles. The van der Waals surface area contributed by atoms with E-state index in [0.717, 1.165) is 0 Å². The largest absolute Gasteiger partial charge is 0.301 e. The van der Waals surface area contributed by atoms with Crippen LogP contribution in [-0.4, -0.2) is 32.7 Å². The second-order valence-electron chi connectivity index (χ2n) is 5.08. The summed E-state index contributed by atoms with van der Waals surface area (Å²) in [7, 11) is -0.0321. The van der Waals surface area contributed by atoms with Gasteiger partial charge in [0.25, 0.3) is 0 Å². The lowest BCUT2D eigenvalue weighted by Crippen LogP contribution is -2.51. The average Bonchev–Trinajstić information content (AvgIpc) is 2.74. The zero-order valence-corrected chi connectivity index (χ0v) is 12.2. The van der Waals surface area contributed by atoms with E-state index in [4.69, 9.17) is 0 Å². The molecule has 15 heavy (non-hydrogen) atoms. The highest BCUT2D eigenvalue weighted by Gasteiger charge is 2.34. The van der Waals surface area contributed by atoms with Crippen LogP contribution in [-0.2, 0) is 0 Å². The van der Waals surface area contributed by atoms with Gasteiger partial charge in [-0.25, -0.2) is 0 Å². The number of hydrogen-bond acceptors (Lipinski definition) is 1. The van der Waals surface area contributed by atoms with Crippen LogP contribution in [0, 0.1) is 0 Å². The molecular weight excluding hydrogens is 198 g/mol. The van der Waals surface area contributed by atoms with E-state index < -0.39 is 0 Å². The van der Waals surface area contributed by atoms with Crippen LogP contribution in [0.4, 0.5) is 0 Å². The molecule has 0 bridgehead atoms. The Bertz CT molecular complexity index is 203. The zero-order valence-electron chi connectivity index (χ0n) is 10.8. The number of allylic oxidation sites excluding steroid dienone is 1. The molecule has 0 aromatic carbocycles. The third-order valence-corrected chi connectivity index (χ3v) is 7.59. The maximum atomic E-state index is 4.07. The summed E-state index contributed by atoms with van der Waals surface area (Å²) in [6, 6.07) is 1.33. The van der Waals surface area contributed by atoms with Gasteiger partial charge in [-0.15, -0.1) is 6.58 Å². The molecular formula is C13H27NSi. The Balaban J connectivity index is 2.62. The molecule has 0 amide bonds. The van der Waals surface area contributed by atoms with Crippen molar-refractivity contribution in [1.29, 1.82) is 0 Å². The molecule has 88 valence electrons. The first-order valence-corrected chi connectivity index (χ1v) is 8.25. The summed E-state index contributed by atoms with van der Waals surface area (Å²) in [4.78, 5) is 2.79. The highest BCUT2D eigenvalue weighted by atomic mass is 28.2. The van der Waals surface area contributed by atoms with Crippen molar-refractivity contribution in [3.05, 3.63) is 12.2 Å². The molecule has 2 heteroatoms. The van der Waals surface area contributed by atoms with Crippen molar-refractivity contribution in [2.45, 2.75) is 57.7 Å². The van der Waals surface area contributed by atoms with Gasteiger partial charge >= 0.3 is 0 Å². The van der Waals surface area contributed by atoms with Crippen molar-refractivity contribution in [2.24, 2.45) is 0 Å². The lowest BCUT2D eigenvalue weighted by molar-refractivity contribution is 0.185. The minimum absolute atomic E-state index is 0.0321. The maximum absolute atomic E-state index is 4.07. The minimum atomic E-state index is -0.0321. The smallest absolute Gasteiger partial charge is 0.0487 e. The highest BCUT2D eigenvalue weighted by Crippen LogP contribution is 2.28. The van der Waals surface area contributed by atoms with E-state index in [2.05, 4.69) is 32.3 Å². The van der Waals surface area contributed by atoms with E-state index >= 15 is 0 Å². The van der Waals surface area contributed by atoms with E-state index in [1.54, 1.807) is 0 Å². The number of likely N-dealkylation sites (tertiary alicyclic amines) is 1. The lowest BCUT2D eigenvalue weighted by Gasteiger charge is -2.41. The van der Waals surface area contributed by atoms with Gasteiger partial charge in [0.2, 0.25) is 0 Å². The first kappa shape index (κ1) is 13.0. The third kappa shape index (κ3) is 3.18. The maximum Gasteiger partial charge on any atom is 0.0487 e. The molecule has 0 radical (unpaired) electrons. The van der Waals surface area contributed by atoms with Gasteiger partial charge in [-0.2, -0.15) is 0 Å². The quantitative estimate of drug-likeness (QED) is 0.496. The Morgan fingerprint density at radius 2 is 1.80 bits per heavy atom. The summed E-state index contributed by atoms with van der Waals surface area (Å²) in [5.74, 6) is 0. The molecule has 0 saturated carbocycles. The van der Waals surface area contributed by atoms with Crippen molar-refractivity contribution >= 4 is 9.52 Å². The van der Waals surface area contributed by atoms with Crippen LogP contribution in [0.2, 0.25) is 6.04 Å². The summed E-state index contributed by atoms with van der Waals surface area (Å²) in [6.45, 7) is 13.7. The monoisotopic (exact) mass is 225 g/mol. The summed E-state index contributed by atoms with van der Waals surface area (Å²) in [5.41, 5.74) is 1.40. The molecule has 0 aliphatic carbocycles. The van der Waals surface area contributed by atoms with Gasteiger partial charge < -0.3 is 4.90 Å². The molecule has 1 aliphatic heterocycles. The van der Waals surface area contributed by atoms with Crippen molar-refractivity contribution in [3.63, 3.8) is 0 Å². The predicted molar refractivity (Wildman–Crippen MR) is 72.3 cm³/mol. The first-order valence-electron chi connectivity index (χ1n) is 6.54. The summed E-state index contributed by atoms with van der Waals surface area (Å²) < 4.78 is 0. The molecule has 0 spiro atoms. The predicted octanol–water partition coefficient (Wildman–Crippen LogP) is 2.76. The van der Waals surface area contributed by atoms with Crippen LogP contribution >= 0.6 is 0 Å². The molecule has 1 heterocycles. The lowest BCUT2D eigenvalue weighted by atomic mass is 10.1. The summed E-state index contributed by atoms with van der Waals surface area (Å²) in [5, 5.41) is 0.607. The van der Waals surface area contributed by atoms with E-state index in [-0.39, 0.29) is 9.52 Å².